The number of fused-ring (bicyclic) bond motifs is 3. The number of hydrogen-bond acceptors (Lipinski definition) is 6. The number of esters is 1. The third-order valence-corrected chi connectivity index (χ3v) is 6.43. The lowest BCUT2D eigenvalue weighted by Crippen LogP contribution is -2.49. The van der Waals surface area contributed by atoms with Crippen molar-refractivity contribution in [1.29, 1.82) is 0 Å². The number of carbonyl (C=O) groups excluding carboxylic acids is 2. The molecule has 0 radical (unpaired) electrons. The highest BCUT2D eigenvalue weighted by Gasteiger charge is 2.48. The number of rotatable bonds is 7. The SMILES string of the molecule is CCOC(=O)[C@@H]1C(=O)N(Cc2ccccc2)c2nc3ccccc3n2[C@@H]1c1ccc(OC)cc1OC. The predicted octanol–water partition coefficient (Wildman–Crippen LogP) is 4.37. The zero-order chi connectivity index (χ0) is 25.2. The van der Waals surface area contributed by atoms with E-state index in [2.05, 4.69) is 0 Å². The number of para-hydroxylation sites is 2. The van der Waals surface area contributed by atoms with E-state index >= 15 is 0 Å². The number of hydrogen-bond donors (Lipinski definition) is 0. The second-order valence-corrected chi connectivity index (χ2v) is 8.46. The second-order valence-electron chi connectivity index (χ2n) is 8.46. The number of nitrogens with zero attached hydrogens (tertiary/aromatic N) is 3. The van der Waals surface area contributed by atoms with Gasteiger partial charge in [0.05, 0.1) is 44.4 Å². The Balaban J connectivity index is 1.77. The Hall–Kier alpha value is -4.33. The Kier molecular flexibility index (Phi) is 6.33. The lowest BCUT2D eigenvalue weighted by atomic mass is 9.88. The molecule has 3 aromatic carbocycles. The highest BCUT2D eigenvalue weighted by atomic mass is 16.5. The summed E-state index contributed by atoms with van der Waals surface area (Å²) < 4.78 is 18.5. The first-order valence-corrected chi connectivity index (χ1v) is 11.8. The van der Waals surface area contributed by atoms with E-state index in [0.717, 1.165) is 16.6 Å². The summed E-state index contributed by atoms with van der Waals surface area (Å²) in [7, 11) is 3.12. The normalized spacial score (nSPS) is 17.1. The molecule has 0 saturated heterocycles. The third-order valence-electron chi connectivity index (χ3n) is 6.43. The van der Waals surface area contributed by atoms with Gasteiger partial charge in [0.25, 0.3) is 0 Å². The van der Waals surface area contributed by atoms with Crippen molar-refractivity contribution >= 4 is 28.9 Å². The molecule has 0 aliphatic carbocycles. The molecule has 36 heavy (non-hydrogen) atoms. The van der Waals surface area contributed by atoms with Gasteiger partial charge in [-0.1, -0.05) is 42.5 Å². The van der Waals surface area contributed by atoms with Crippen LogP contribution < -0.4 is 14.4 Å². The number of benzene rings is 3. The molecule has 0 N–H and O–H groups in total. The van der Waals surface area contributed by atoms with Gasteiger partial charge in [0.1, 0.15) is 11.5 Å². The fourth-order valence-electron chi connectivity index (χ4n) is 4.80. The van der Waals surface area contributed by atoms with E-state index in [1.54, 1.807) is 38.2 Å². The maximum atomic E-state index is 14.1. The van der Waals surface area contributed by atoms with Gasteiger partial charge in [0.15, 0.2) is 5.92 Å². The summed E-state index contributed by atoms with van der Waals surface area (Å²) in [6, 6.07) is 21.9. The Labute approximate surface area is 209 Å². The maximum absolute atomic E-state index is 14.1. The number of ether oxygens (including phenoxy) is 3. The monoisotopic (exact) mass is 485 g/mol. The molecule has 0 unspecified atom stereocenters. The van der Waals surface area contributed by atoms with Gasteiger partial charge in [-0.15, -0.1) is 0 Å². The Morgan fingerprint density at radius 2 is 1.72 bits per heavy atom. The molecular formula is C28H27N3O5. The summed E-state index contributed by atoms with van der Waals surface area (Å²) in [6.07, 6.45) is 0. The summed E-state index contributed by atoms with van der Waals surface area (Å²) in [5.41, 5.74) is 3.11. The molecule has 1 aliphatic heterocycles. The number of aromatic nitrogens is 2. The standard InChI is InChI=1S/C28H27N3O5/c1-4-36-27(33)24-25(20-15-14-19(34-2)16-23(20)35-3)31-22-13-9-8-12-21(22)29-28(31)30(26(24)32)17-18-10-6-5-7-11-18/h5-16,24-25H,4,17H2,1-3H3/t24-,25+/m0/s1. The van der Waals surface area contributed by atoms with Gasteiger partial charge >= 0.3 is 5.97 Å². The van der Waals surface area contributed by atoms with E-state index in [0.29, 0.717) is 23.0 Å². The number of imidazole rings is 1. The van der Waals surface area contributed by atoms with E-state index in [9.17, 15) is 9.59 Å². The van der Waals surface area contributed by atoms with Crippen molar-refractivity contribution in [2.75, 3.05) is 25.7 Å². The average Bonchev–Trinajstić information content (AvgIpc) is 3.29. The van der Waals surface area contributed by atoms with Gasteiger partial charge in [0, 0.05) is 11.6 Å². The van der Waals surface area contributed by atoms with Crippen LogP contribution in [0.15, 0.2) is 72.8 Å². The molecule has 0 spiro atoms. The van der Waals surface area contributed by atoms with Crippen LogP contribution in [0.3, 0.4) is 0 Å². The van der Waals surface area contributed by atoms with E-state index < -0.39 is 17.9 Å². The third kappa shape index (κ3) is 3.94. The van der Waals surface area contributed by atoms with Crippen LogP contribution in [0.2, 0.25) is 0 Å². The number of methoxy groups -OCH3 is 2. The van der Waals surface area contributed by atoms with Crippen molar-refractivity contribution in [3.63, 3.8) is 0 Å². The lowest BCUT2D eigenvalue weighted by molar-refractivity contribution is -0.153. The summed E-state index contributed by atoms with van der Waals surface area (Å²) in [4.78, 5) is 33.9. The van der Waals surface area contributed by atoms with Crippen LogP contribution in [0.1, 0.15) is 24.1 Å². The highest BCUT2D eigenvalue weighted by Crippen LogP contribution is 2.45. The molecule has 1 amide bonds. The van der Waals surface area contributed by atoms with Crippen molar-refractivity contribution < 1.29 is 23.8 Å². The lowest BCUT2D eigenvalue weighted by Gasteiger charge is -2.38. The topological polar surface area (TPSA) is 82.9 Å². The Morgan fingerprint density at radius 1 is 0.972 bits per heavy atom. The largest absolute Gasteiger partial charge is 0.497 e. The fourth-order valence-corrected chi connectivity index (χ4v) is 4.80. The molecule has 0 saturated carbocycles. The smallest absolute Gasteiger partial charge is 0.321 e. The average molecular weight is 486 g/mol. The minimum absolute atomic E-state index is 0.158. The van der Waals surface area contributed by atoms with Crippen molar-refractivity contribution in [3.8, 4) is 11.5 Å². The first-order valence-electron chi connectivity index (χ1n) is 11.8. The summed E-state index contributed by atoms with van der Waals surface area (Å²) in [5, 5.41) is 0. The fraction of sp³-hybridized carbons (Fsp3) is 0.250. The Bertz CT molecular complexity index is 1420. The molecule has 184 valence electrons. The van der Waals surface area contributed by atoms with Crippen molar-refractivity contribution in [3.05, 3.63) is 83.9 Å². The molecule has 5 rings (SSSR count). The molecule has 0 bridgehead atoms. The second kappa shape index (κ2) is 9.73. The van der Waals surface area contributed by atoms with Crippen molar-refractivity contribution in [2.24, 2.45) is 5.92 Å². The summed E-state index contributed by atoms with van der Waals surface area (Å²) in [5.74, 6) is -0.530. The van der Waals surface area contributed by atoms with E-state index in [1.165, 1.54) is 0 Å². The molecule has 2 atom stereocenters. The molecule has 2 heterocycles. The van der Waals surface area contributed by atoms with E-state index in [4.69, 9.17) is 19.2 Å². The zero-order valence-electron chi connectivity index (χ0n) is 20.4. The predicted molar refractivity (Wildman–Crippen MR) is 135 cm³/mol. The first kappa shape index (κ1) is 23.4. The molecule has 0 fully saturated rings. The van der Waals surface area contributed by atoms with Gasteiger partial charge in [-0.3, -0.25) is 14.5 Å². The minimum Gasteiger partial charge on any atom is -0.497 e. The quantitative estimate of drug-likeness (QED) is 0.286. The van der Waals surface area contributed by atoms with Crippen LogP contribution in [-0.4, -0.2) is 42.3 Å². The van der Waals surface area contributed by atoms with Crippen molar-refractivity contribution in [1.82, 2.24) is 9.55 Å². The highest BCUT2D eigenvalue weighted by molar-refractivity contribution is 6.08. The van der Waals surface area contributed by atoms with Gasteiger partial charge in [-0.25, -0.2) is 4.98 Å². The number of anilines is 1. The molecular weight excluding hydrogens is 458 g/mol. The summed E-state index contributed by atoms with van der Waals surface area (Å²) in [6.45, 7) is 2.16. The Morgan fingerprint density at radius 3 is 2.44 bits per heavy atom. The van der Waals surface area contributed by atoms with Gasteiger partial charge < -0.3 is 18.8 Å². The minimum atomic E-state index is -1.14. The molecule has 4 aromatic rings. The van der Waals surface area contributed by atoms with Crippen LogP contribution in [0.4, 0.5) is 5.95 Å². The van der Waals surface area contributed by atoms with Gasteiger partial charge in [-0.05, 0) is 36.8 Å². The number of carbonyl (C=O) groups is 2. The molecule has 1 aromatic heterocycles. The maximum Gasteiger partial charge on any atom is 0.321 e. The molecule has 8 nitrogen and oxygen atoms in total. The molecule has 8 heteroatoms. The van der Waals surface area contributed by atoms with Crippen molar-refractivity contribution in [2.45, 2.75) is 19.5 Å². The van der Waals surface area contributed by atoms with Gasteiger partial charge in [-0.2, -0.15) is 0 Å². The zero-order valence-corrected chi connectivity index (χ0v) is 20.4. The first-order chi connectivity index (χ1) is 17.6. The van der Waals surface area contributed by atoms with Crippen LogP contribution >= 0.6 is 0 Å². The van der Waals surface area contributed by atoms with E-state index in [1.807, 2.05) is 65.2 Å². The van der Waals surface area contributed by atoms with Crippen LogP contribution in [0.5, 0.6) is 11.5 Å². The van der Waals surface area contributed by atoms with E-state index in [-0.39, 0.29) is 19.1 Å². The molecule has 1 aliphatic rings. The van der Waals surface area contributed by atoms with Crippen LogP contribution in [0.25, 0.3) is 11.0 Å². The van der Waals surface area contributed by atoms with Crippen LogP contribution in [0, 0.1) is 5.92 Å². The van der Waals surface area contributed by atoms with Crippen LogP contribution in [-0.2, 0) is 20.9 Å². The van der Waals surface area contributed by atoms with Gasteiger partial charge in [0.2, 0.25) is 11.9 Å². The summed E-state index contributed by atoms with van der Waals surface area (Å²) >= 11 is 0. The number of amides is 1.